The normalized spacial score (nSPS) is 17.5. The van der Waals surface area contributed by atoms with E-state index in [1.54, 1.807) is 11.3 Å². The van der Waals surface area contributed by atoms with Crippen molar-refractivity contribution in [2.45, 2.75) is 44.9 Å². The fraction of sp³-hybridized carbons (Fsp3) is 0.727. The van der Waals surface area contributed by atoms with E-state index in [2.05, 4.69) is 22.6 Å². The van der Waals surface area contributed by atoms with Gasteiger partial charge in [0, 0.05) is 17.8 Å². The molecular formula is C11H18N2S. The van der Waals surface area contributed by atoms with Gasteiger partial charge in [0.25, 0.3) is 0 Å². The Kier molecular flexibility index (Phi) is 3.40. The second-order valence-electron chi connectivity index (χ2n) is 3.99. The summed E-state index contributed by atoms with van der Waals surface area (Å²) in [6, 6.07) is 0. The predicted octanol–water partition coefficient (Wildman–Crippen LogP) is 3.62. The molecule has 0 saturated heterocycles. The Balaban J connectivity index is 1.94. The summed E-state index contributed by atoms with van der Waals surface area (Å²) in [6.45, 7) is 3.22. The summed E-state index contributed by atoms with van der Waals surface area (Å²) in [5, 5.41) is 6.68. The summed E-state index contributed by atoms with van der Waals surface area (Å²) in [6.07, 6.45) is 6.63. The Morgan fingerprint density at radius 1 is 1.50 bits per heavy atom. The van der Waals surface area contributed by atoms with Crippen molar-refractivity contribution in [3.05, 3.63) is 11.1 Å². The maximum Gasteiger partial charge on any atom is 0.182 e. The Morgan fingerprint density at radius 2 is 2.29 bits per heavy atom. The lowest BCUT2D eigenvalue weighted by Gasteiger charge is -2.03. The van der Waals surface area contributed by atoms with Gasteiger partial charge >= 0.3 is 0 Å². The van der Waals surface area contributed by atoms with E-state index in [0.717, 1.165) is 17.6 Å². The van der Waals surface area contributed by atoms with Gasteiger partial charge in [-0.3, -0.25) is 0 Å². The zero-order valence-corrected chi connectivity index (χ0v) is 9.57. The summed E-state index contributed by atoms with van der Waals surface area (Å²) in [5.41, 5.74) is 1.33. The van der Waals surface area contributed by atoms with Gasteiger partial charge in [0.05, 0.1) is 5.69 Å². The van der Waals surface area contributed by atoms with Crippen molar-refractivity contribution in [2.75, 3.05) is 11.9 Å². The molecule has 1 aliphatic carbocycles. The molecular weight excluding hydrogens is 192 g/mol. The highest BCUT2D eigenvalue weighted by Crippen LogP contribution is 2.35. The van der Waals surface area contributed by atoms with Crippen molar-refractivity contribution in [2.24, 2.45) is 0 Å². The van der Waals surface area contributed by atoms with Crippen molar-refractivity contribution < 1.29 is 0 Å². The zero-order valence-electron chi connectivity index (χ0n) is 8.75. The van der Waals surface area contributed by atoms with Gasteiger partial charge < -0.3 is 5.32 Å². The van der Waals surface area contributed by atoms with E-state index >= 15 is 0 Å². The van der Waals surface area contributed by atoms with E-state index in [9.17, 15) is 0 Å². The van der Waals surface area contributed by atoms with Crippen molar-refractivity contribution >= 4 is 16.5 Å². The molecule has 14 heavy (non-hydrogen) atoms. The molecule has 1 heterocycles. The van der Waals surface area contributed by atoms with E-state index in [1.165, 1.54) is 37.8 Å². The number of nitrogens with one attached hydrogen (secondary N) is 1. The topological polar surface area (TPSA) is 24.9 Å². The first-order valence-electron chi connectivity index (χ1n) is 5.59. The van der Waals surface area contributed by atoms with Crippen LogP contribution in [0.25, 0.3) is 0 Å². The average molecular weight is 210 g/mol. The third-order valence-electron chi connectivity index (χ3n) is 2.82. The molecule has 1 saturated carbocycles. The smallest absolute Gasteiger partial charge is 0.182 e. The van der Waals surface area contributed by atoms with Crippen LogP contribution in [0.5, 0.6) is 0 Å². The summed E-state index contributed by atoms with van der Waals surface area (Å²) < 4.78 is 0. The van der Waals surface area contributed by atoms with Gasteiger partial charge in [-0.15, -0.1) is 11.3 Å². The minimum absolute atomic E-state index is 0.753. The van der Waals surface area contributed by atoms with Gasteiger partial charge in [-0.2, -0.15) is 0 Å². The molecule has 2 nitrogen and oxygen atoms in total. The molecule has 2 rings (SSSR count). The summed E-state index contributed by atoms with van der Waals surface area (Å²) in [4.78, 5) is 4.64. The average Bonchev–Trinajstić information content (AvgIpc) is 2.85. The molecule has 1 fully saturated rings. The molecule has 1 aromatic heterocycles. The monoisotopic (exact) mass is 210 g/mol. The molecule has 3 heteroatoms. The molecule has 78 valence electrons. The maximum absolute atomic E-state index is 4.64. The van der Waals surface area contributed by atoms with Crippen LogP contribution < -0.4 is 5.32 Å². The van der Waals surface area contributed by atoms with E-state index in [4.69, 9.17) is 0 Å². The zero-order chi connectivity index (χ0) is 9.80. The highest BCUT2D eigenvalue weighted by Gasteiger charge is 2.19. The molecule has 0 bridgehead atoms. The minimum atomic E-state index is 0.753. The molecule has 0 spiro atoms. The van der Waals surface area contributed by atoms with Crippen molar-refractivity contribution in [3.8, 4) is 0 Å². The minimum Gasteiger partial charge on any atom is -0.362 e. The molecule has 0 radical (unpaired) electrons. The second kappa shape index (κ2) is 4.78. The van der Waals surface area contributed by atoms with Gasteiger partial charge in [-0.05, 0) is 19.3 Å². The van der Waals surface area contributed by atoms with Crippen molar-refractivity contribution in [1.29, 1.82) is 0 Å². The summed E-state index contributed by atoms with van der Waals surface area (Å²) in [5.74, 6) is 0.753. The number of aromatic nitrogens is 1. The van der Waals surface area contributed by atoms with Gasteiger partial charge in [-0.25, -0.2) is 4.98 Å². The van der Waals surface area contributed by atoms with E-state index < -0.39 is 0 Å². The van der Waals surface area contributed by atoms with Crippen LogP contribution in [-0.2, 0) is 0 Å². The molecule has 1 N–H and O–H groups in total. The van der Waals surface area contributed by atoms with Crippen LogP contribution in [-0.4, -0.2) is 11.5 Å². The third-order valence-corrected chi connectivity index (χ3v) is 3.64. The first kappa shape index (κ1) is 9.97. The largest absolute Gasteiger partial charge is 0.362 e. The van der Waals surface area contributed by atoms with Gasteiger partial charge in [0.2, 0.25) is 0 Å². The summed E-state index contributed by atoms with van der Waals surface area (Å²) in [7, 11) is 0. The predicted molar refractivity (Wildman–Crippen MR) is 62.1 cm³/mol. The van der Waals surface area contributed by atoms with Crippen LogP contribution >= 0.6 is 11.3 Å². The van der Waals surface area contributed by atoms with Crippen LogP contribution in [0.3, 0.4) is 0 Å². The number of hydrogen-bond donors (Lipinski definition) is 1. The highest BCUT2D eigenvalue weighted by molar-refractivity contribution is 7.13. The Bertz CT molecular complexity index is 277. The first-order valence-corrected chi connectivity index (χ1v) is 6.47. The van der Waals surface area contributed by atoms with E-state index in [-0.39, 0.29) is 0 Å². The number of rotatable bonds is 4. The number of thiazole rings is 1. The Labute approximate surface area is 89.8 Å². The van der Waals surface area contributed by atoms with Crippen LogP contribution in [0.4, 0.5) is 5.13 Å². The lowest BCUT2D eigenvalue weighted by Crippen LogP contribution is -2.00. The number of hydrogen-bond acceptors (Lipinski definition) is 3. The van der Waals surface area contributed by atoms with Gasteiger partial charge in [-0.1, -0.05) is 19.8 Å². The Hall–Kier alpha value is -0.570. The first-order chi connectivity index (χ1) is 6.90. The van der Waals surface area contributed by atoms with Crippen LogP contribution in [0, 0.1) is 0 Å². The van der Waals surface area contributed by atoms with Crippen LogP contribution in [0.1, 0.15) is 50.6 Å². The third kappa shape index (κ3) is 2.27. The van der Waals surface area contributed by atoms with E-state index in [1.807, 2.05) is 0 Å². The van der Waals surface area contributed by atoms with E-state index in [0.29, 0.717) is 0 Å². The fourth-order valence-electron chi connectivity index (χ4n) is 2.01. The maximum atomic E-state index is 4.64. The Morgan fingerprint density at radius 3 is 3.00 bits per heavy atom. The SMILES string of the molecule is CCCNc1nc(C2CCCC2)cs1. The molecule has 1 aliphatic rings. The lowest BCUT2D eigenvalue weighted by molar-refractivity contribution is 0.703. The van der Waals surface area contributed by atoms with Crippen molar-refractivity contribution in [1.82, 2.24) is 4.98 Å². The number of nitrogens with zero attached hydrogens (tertiary/aromatic N) is 1. The van der Waals surface area contributed by atoms with Crippen molar-refractivity contribution in [3.63, 3.8) is 0 Å². The van der Waals surface area contributed by atoms with Gasteiger partial charge in [0.15, 0.2) is 5.13 Å². The molecule has 0 atom stereocenters. The highest BCUT2D eigenvalue weighted by atomic mass is 32.1. The lowest BCUT2D eigenvalue weighted by atomic mass is 10.1. The number of anilines is 1. The van der Waals surface area contributed by atoms with Gasteiger partial charge in [0.1, 0.15) is 0 Å². The second-order valence-corrected chi connectivity index (χ2v) is 4.84. The summed E-state index contributed by atoms with van der Waals surface area (Å²) >= 11 is 1.75. The van der Waals surface area contributed by atoms with Crippen LogP contribution in [0.15, 0.2) is 5.38 Å². The quantitative estimate of drug-likeness (QED) is 0.821. The molecule has 0 amide bonds. The molecule has 1 aromatic rings. The molecule has 0 aliphatic heterocycles. The standard InChI is InChI=1S/C11H18N2S/c1-2-7-12-11-13-10(8-14-11)9-5-3-4-6-9/h8-9H,2-7H2,1H3,(H,12,13). The molecule has 0 aromatic carbocycles. The fourth-order valence-corrected chi connectivity index (χ4v) is 2.83. The molecule has 0 unspecified atom stereocenters. The van der Waals surface area contributed by atoms with Crippen LogP contribution in [0.2, 0.25) is 0 Å².